The fourth-order valence-corrected chi connectivity index (χ4v) is 2.60. The molecule has 1 heterocycles. The van der Waals surface area contributed by atoms with Crippen LogP contribution in [0.15, 0.2) is 18.2 Å². The van der Waals surface area contributed by atoms with Crippen molar-refractivity contribution in [1.29, 1.82) is 0 Å². The Hall–Kier alpha value is -1.23. The van der Waals surface area contributed by atoms with E-state index in [-0.39, 0.29) is 5.92 Å². The van der Waals surface area contributed by atoms with E-state index in [1.54, 1.807) is 6.07 Å². The molecule has 2 nitrogen and oxygen atoms in total. The highest BCUT2D eigenvalue weighted by Gasteiger charge is 2.32. The molecule has 1 aliphatic rings. The first-order valence-corrected chi connectivity index (χ1v) is 6.49. The van der Waals surface area contributed by atoms with Gasteiger partial charge in [-0.25, -0.2) is 0 Å². The van der Waals surface area contributed by atoms with Gasteiger partial charge in [0.25, 0.3) is 0 Å². The Morgan fingerprint density at radius 1 is 1.16 bits per heavy atom. The van der Waals surface area contributed by atoms with Crippen molar-refractivity contribution in [3.63, 3.8) is 0 Å². The quantitative estimate of drug-likeness (QED) is 0.889. The Labute approximate surface area is 111 Å². The minimum Gasteiger partial charge on any atom is -0.377 e. The third kappa shape index (κ3) is 3.21. The summed E-state index contributed by atoms with van der Waals surface area (Å²) in [6.07, 6.45) is -2.49. The monoisotopic (exact) mass is 272 g/mol. The van der Waals surface area contributed by atoms with E-state index < -0.39 is 11.7 Å². The number of benzene rings is 1. The molecule has 19 heavy (non-hydrogen) atoms. The predicted octanol–water partition coefficient (Wildman–Crippen LogP) is 3.24. The smallest absolute Gasteiger partial charge is 0.377 e. The first-order valence-electron chi connectivity index (χ1n) is 6.49. The second kappa shape index (κ2) is 5.41. The van der Waals surface area contributed by atoms with E-state index in [2.05, 4.69) is 5.32 Å². The molecule has 1 fully saturated rings. The van der Waals surface area contributed by atoms with Gasteiger partial charge in [-0.2, -0.15) is 13.2 Å². The average Bonchev–Trinajstić information content (AvgIpc) is 2.38. The van der Waals surface area contributed by atoms with E-state index >= 15 is 0 Å². The fourth-order valence-electron chi connectivity index (χ4n) is 2.60. The number of nitrogens with one attached hydrogen (secondary N) is 1. The number of anilines is 1. The van der Waals surface area contributed by atoms with Gasteiger partial charge in [0.05, 0.1) is 5.56 Å². The van der Waals surface area contributed by atoms with Crippen molar-refractivity contribution in [2.45, 2.75) is 24.9 Å². The minimum absolute atomic E-state index is 0.209. The maximum absolute atomic E-state index is 12.8. The second-order valence-corrected chi connectivity index (χ2v) is 5.19. The van der Waals surface area contributed by atoms with Gasteiger partial charge in [-0.1, -0.05) is 0 Å². The van der Waals surface area contributed by atoms with Crippen LogP contribution in [0.5, 0.6) is 0 Å². The van der Waals surface area contributed by atoms with Crippen LogP contribution in [0, 0.1) is 0 Å². The molecule has 1 N–H and O–H groups in total. The highest BCUT2D eigenvalue weighted by Crippen LogP contribution is 2.37. The van der Waals surface area contributed by atoms with E-state index in [4.69, 9.17) is 0 Å². The number of hydrogen-bond donors (Lipinski definition) is 1. The summed E-state index contributed by atoms with van der Waals surface area (Å²) in [5.41, 5.74) is 1.16. The molecule has 5 heteroatoms. The molecule has 106 valence electrons. The maximum atomic E-state index is 12.8. The van der Waals surface area contributed by atoms with Crippen molar-refractivity contribution in [3.05, 3.63) is 29.3 Å². The van der Waals surface area contributed by atoms with Crippen LogP contribution in [0.4, 0.5) is 18.9 Å². The van der Waals surface area contributed by atoms with Crippen LogP contribution < -0.4 is 10.2 Å². The van der Waals surface area contributed by atoms with Gasteiger partial charge in [-0.3, -0.25) is 0 Å². The van der Waals surface area contributed by atoms with Crippen LogP contribution in [0.25, 0.3) is 0 Å². The van der Waals surface area contributed by atoms with Gasteiger partial charge in [-0.15, -0.1) is 0 Å². The predicted molar refractivity (Wildman–Crippen MR) is 70.6 cm³/mol. The molecule has 0 atom stereocenters. The summed E-state index contributed by atoms with van der Waals surface area (Å²) in [6.45, 7) is 1.74. The number of piperidine rings is 1. The van der Waals surface area contributed by atoms with Gasteiger partial charge in [0, 0.05) is 19.8 Å². The number of nitrogens with zero attached hydrogens (tertiary/aromatic N) is 1. The lowest BCUT2D eigenvalue weighted by Crippen LogP contribution is -2.27. The number of rotatable bonds is 2. The Kier molecular flexibility index (Phi) is 4.04. The molecule has 0 aliphatic carbocycles. The molecule has 0 unspecified atom stereocenters. The summed E-state index contributed by atoms with van der Waals surface area (Å²) >= 11 is 0. The first kappa shape index (κ1) is 14.2. The van der Waals surface area contributed by atoms with E-state index in [9.17, 15) is 13.2 Å². The Bertz CT molecular complexity index is 435. The molecular weight excluding hydrogens is 253 g/mol. The molecule has 0 amide bonds. The number of alkyl halides is 3. The largest absolute Gasteiger partial charge is 0.416 e. The highest BCUT2D eigenvalue weighted by atomic mass is 19.4. The van der Waals surface area contributed by atoms with Gasteiger partial charge in [-0.05, 0) is 55.6 Å². The summed E-state index contributed by atoms with van der Waals surface area (Å²) in [6, 6.07) is 4.07. The van der Waals surface area contributed by atoms with Gasteiger partial charge in [0.15, 0.2) is 0 Å². The van der Waals surface area contributed by atoms with E-state index in [1.165, 1.54) is 12.1 Å². The summed E-state index contributed by atoms with van der Waals surface area (Å²) in [5, 5.41) is 3.24. The molecule has 0 aromatic heterocycles. The average molecular weight is 272 g/mol. The van der Waals surface area contributed by atoms with Crippen molar-refractivity contribution in [2.75, 3.05) is 32.1 Å². The third-order valence-electron chi connectivity index (χ3n) is 3.62. The van der Waals surface area contributed by atoms with Crippen LogP contribution >= 0.6 is 0 Å². The van der Waals surface area contributed by atoms with Gasteiger partial charge < -0.3 is 10.2 Å². The Morgan fingerprint density at radius 3 is 2.32 bits per heavy atom. The van der Waals surface area contributed by atoms with E-state index in [0.29, 0.717) is 0 Å². The summed E-state index contributed by atoms with van der Waals surface area (Å²) in [5.74, 6) is 0.209. The molecule has 0 bridgehead atoms. The van der Waals surface area contributed by atoms with E-state index in [1.807, 2.05) is 19.0 Å². The zero-order valence-electron chi connectivity index (χ0n) is 11.2. The summed E-state index contributed by atoms with van der Waals surface area (Å²) in [7, 11) is 3.74. The third-order valence-corrected chi connectivity index (χ3v) is 3.62. The topological polar surface area (TPSA) is 15.3 Å². The zero-order chi connectivity index (χ0) is 14.0. The first-order chi connectivity index (χ1) is 8.89. The number of halogens is 3. The molecule has 1 aromatic carbocycles. The van der Waals surface area contributed by atoms with Gasteiger partial charge in [0.2, 0.25) is 0 Å². The standard InChI is InChI=1S/C14H19F3N2/c1-19(2)13-4-3-11(14(15,16)17)9-12(13)10-5-7-18-8-6-10/h3-4,9-10,18H,5-8H2,1-2H3. The Balaban J connectivity index is 2.41. The van der Waals surface area contributed by atoms with E-state index in [0.717, 1.165) is 37.2 Å². The molecule has 1 saturated heterocycles. The lowest BCUT2D eigenvalue weighted by atomic mass is 9.87. The van der Waals surface area contributed by atoms with Crippen LogP contribution in [0.2, 0.25) is 0 Å². The number of hydrogen-bond acceptors (Lipinski definition) is 2. The Morgan fingerprint density at radius 2 is 1.79 bits per heavy atom. The van der Waals surface area contributed by atoms with Crippen LogP contribution in [-0.4, -0.2) is 27.2 Å². The van der Waals surface area contributed by atoms with Crippen molar-refractivity contribution in [1.82, 2.24) is 5.32 Å². The minimum atomic E-state index is -4.27. The molecule has 1 aliphatic heterocycles. The molecule has 0 spiro atoms. The van der Waals surface area contributed by atoms with Crippen molar-refractivity contribution >= 4 is 5.69 Å². The van der Waals surface area contributed by atoms with Crippen molar-refractivity contribution < 1.29 is 13.2 Å². The summed E-state index contributed by atoms with van der Waals surface area (Å²) < 4.78 is 38.5. The second-order valence-electron chi connectivity index (χ2n) is 5.19. The molecule has 1 aromatic rings. The van der Waals surface area contributed by atoms with Crippen LogP contribution in [-0.2, 0) is 6.18 Å². The zero-order valence-corrected chi connectivity index (χ0v) is 11.2. The molecule has 0 saturated carbocycles. The highest BCUT2D eigenvalue weighted by molar-refractivity contribution is 5.56. The van der Waals surface area contributed by atoms with Crippen LogP contribution in [0.1, 0.15) is 29.9 Å². The molecule has 0 radical (unpaired) electrons. The molecular formula is C14H19F3N2. The van der Waals surface area contributed by atoms with Crippen molar-refractivity contribution in [2.24, 2.45) is 0 Å². The van der Waals surface area contributed by atoms with Crippen LogP contribution in [0.3, 0.4) is 0 Å². The van der Waals surface area contributed by atoms with Gasteiger partial charge >= 0.3 is 6.18 Å². The van der Waals surface area contributed by atoms with Crippen molar-refractivity contribution in [3.8, 4) is 0 Å². The lowest BCUT2D eigenvalue weighted by molar-refractivity contribution is -0.137. The lowest BCUT2D eigenvalue weighted by Gasteiger charge is -2.28. The summed E-state index contributed by atoms with van der Waals surface area (Å²) in [4.78, 5) is 1.89. The SMILES string of the molecule is CN(C)c1ccc(C(F)(F)F)cc1C1CCNCC1. The molecule has 2 rings (SSSR count). The maximum Gasteiger partial charge on any atom is 0.416 e. The van der Waals surface area contributed by atoms with Gasteiger partial charge in [0.1, 0.15) is 0 Å². The fraction of sp³-hybridized carbons (Fsp3) is 0.571. The normalized spacial score (nSPS) is 17.5.